The molecular formula is C21H20N2O3S. The molecule has 0 radical (unpaired) electrons. The smallest absolute Gasteiger partial charge is 0.291 e. The molecule has 5 nitrogen and oxygen atoms in total. The second-order valence-electron chi connectivity index (χ2n) is 6.04. The Hall–Kier alpha value is -2.99. The molecular weight excluding hydrogens is 360 g/mol. The van der Waals surface area contributed by atoms with Gasteiger partial charge in [0.25, 0.3) is 5.91 Å². The average Bonchev–Trinajstić information content (AvgIpc) is 3.18. The van der Waals surface area contributed by atoms with Gasteiger partial charge in [-0.2, -0.15) is 0 Å². The minimum atomic E-state index is -0.336. The van der Waals surface area contributed by atoms with Gasteiger partial charge in [-0.05, 0) is 42.8 Å². The van der Waals surface area contributed by atoms with Gasteiger partial charge in [0.05, 0.1) is 12.0 Å². The zero-order valence-electron chi connectivity index (χ0n) is 14.9. The summed E-state index contributed by atoms with van der Waals surface area (Å²) in [6.45, 7) is 2.05. The van der Waals surface area contributed by atoms with Crippen molar-refractivity contribution in [1.82, 2.24) is 0 Å². The van der Waals surface area contributed by atoms with E-state index in [-0.39, 0.29) is 17.6 Å². The molecule has 0 unspecified atom stereocenters. The number of aryl methyl sites for hydroxylation is 1. The first-order valence-electron chi connectivity index (χ1n) is 8.48. The van der Waals surface area contributed by atoms with Crippen molar-refractivity contribution in [1.29, 1.82) is 0 Å². The predicted molar refractivity (Wildman–Crippen MR) is 109 cm³/mol. The number of nitrogens with one attached hydrogen (secondary N) is 2. The molecule has 27 heavy (non-hydrogen) atoms. The second-order valence-corrected chi connectivity index (χ2v) is 7.02. The average molecular weight is 380 g/mol. The molecule has 1 heterocycles. The third kappa shape index (κ3) is 5.76. The molecule has 0 spiro atoms. The number of benzene rings is 2. The van der Waals surface area contributed by atoms with E-state index in [4.69, 9.17) is 4.42 Å². The molecule has 138 valence electrons. The fraction of sp³-hybridized carbons (Fsp3) is 0.143. The van der Waals surface area contributed by atoms with Gasteiger partial charge in [-0.3, -0.25) is 9.59 Å². The number of furan rings is 1. The van der Waals surface area contributed by atoms with Crippen molar-refractivity contribution in [3.63, 3.8) is 0 Å². The van der Waals surface area contributed by atoms with Crippen LogP contribution in [0.3, 0.4) is 0 Å². The van der Waals surface area contributed by atoms with Crippen molar-refractivity contribution in [2.24, 2.45) is 0 Å². The maximum atomic E-state index is 12.1. The summed E-state index contributed by atoms with van der Waals surface area (Å²) in [6, 6.07) is 18.5. The van der Waals surface area contributed by atoms with Crippen LogP contribution in [0.1, 0.15) is 21.7 Å². The zero-order chi connectivity index (χ0) is 19.1. The summed E-state index contributed by atoms with van der Waals surface area (Å²) >= 11 is 1.56. The largest absolute Gasteiger partial charge is 0.459 e. The lowest BCUT2D eigenvalue weighted by atomic mass is 10.2. The van der Waals surface area contributed by atoms with Gasteiger partial charge in [0, 0.05) is 17.1 Å². The number of rotatable bonds is 7. The lowest BCUT2D eigenvalue weighted by Crippen LogP contribution is -2.15. The van der Waals surface area contributed by atoms with Crippen molar-refractivity contribution in [3.8, 4) is 0 Å². The molecule has 0 bridgehead atoms. The first kappa shape index (κ1) is 18.8. The maximum Gasteiger partial charge on any atom is 0.291 e. The Bertz CT molecular complexity index is 905. The van der Waals surface area contributed by atoms with Gasteiger partial charge in [-0.25, -0.2) is 0 Å². The molecule has 0 atom stereocenters. The molecule has 0 aliphatic heterocycles. The van der Waals surface area contributed by atoms with E-state index in [9.17, 15) is 9.59 Å². The summed E-state index contributed by atoms with van der Waals surface area (Å²) in [6.07, 6.45) is 1.44. The van der Waals surface area contributed by atoms with Crippen LogP contribution in [-0.4, -0.2) is 17.6 Å². The Morgan fingerprint density at radius 3 is 2.41 bits per heavy atom. The highest BCUT2D eigenvalue weighted by Crippen LogP contribution is 2.18. The number of carbonyl (C=O) groups is 2. The molecule has 0 fully saturated rings. The highest BCUT2D eigenvalue weighted by Gasteiger charge is 2.09. The standard InChI is InChI=1S/C21H20N2O3S/c1-15-7-9-16(10-8-15)13-27-14-20(24)22-17-4-2-5-18(12-17)23-21(25)19-6-3-11-26-19/h2-12H,13-14H2,1H3,(H,22,24)(H,23,25). The molecule has 3 rings (SSSR count). The molecule has 2 aromatic carbocycles. The third-order valence-electron chi connectivity index (χ3n) is 3.77. The summed E-state index contributed by atoms with van der Waals surface area (Å²) in [4.78, 5) is 24.2. The molecule has 0 saturated heterocycles. The fourth-order valence-corrected chi connectivity index (χ4v) is 3.21. The number of hydrogen-bond donors (Lipinski definition) is 2. The zero-order valence-corrected chi connectivity index (χ0v) is 15.7. The number of carbonyl (C=O) groups excluding carboxylic acids is 2. The van der Waals surface area contributed by atoms with Crippen LogP contribution < -0.4 is 10.6 Å². The predicted octanol–water partition coefficient (Wildman–Crippen LogP) is 4.71. The Labute approximate surface area is 162 Å². The van der Waals surface area contributed by atoms with Gasteiger partial charge in [-0.15, -0.1) is 11.8 Å². The van der Waals surface area contributed by atoms with Crippen LogP contribution in [0, 0.1) is 6.92 Å². The Kier molecular flexibility index (Phi) is 6.33. The topological polar surface area (TPSA) is 71.3 Å². The van der Waals surface area contributed by atoms with Crippen LogP contribution in [0.4, 0.5) is 11.4 Å². The normalized spacial score (nSPS) is 10.4. The third-order valence-corrected chi connectivity index (χ3v) is 4.78. The number of anilines is 2. The van der Waals surface area contributed by atoms with Crippen LogP contribution >= 0.6 is 11.8 Å². The Balaban J connectivity index is 1.49. The van der Waals surface area contributed by atoms with Crippen LogP contribution in [0.15, 0.2) is 71.3 Å². The molecule has 6 heteroatoms. The molecule has 0 aliphatic carbocycles. The molecule has 0 saturated carbocycles. The van der Waals surface area contributed by atoms with E-state index in [2.05, 4.69) is 41.8 Å². The first-order valence-corrected chi connectivity index (χ1v) is 9.64. The van der Waals surface area contributed by atoms with Gasteiger partial charge < -0.3 is 15.1 Å². The van der Waals surface area contributed by atoms with E-state index >= 15 is 0 Å². The maximum absolute atomic E-state index is 12.1. The van der Waals surface area contributed by atoms with Crippen LogP contribution in [0.2, 0.25) is 0 Å². The summed E-state index contributed by atoms with van der Waals surface area (Å²) in [5.41, 5.74) is 3.64. The second kappa shape index (κ2) is 9.09. The van der Waals surface area contributed by atoms with E-state index < -0.39 is 0 Å². The van der Waals surface area contributed by atoms with Crippen molar-refractivity contribution in [2.45, 2.75) is 12.7 Å². The highest BCUT2D eigenvalue weighted by atomic mass is 32.2. The van der Waals surface area contributed by atoms with Gasteiger partial charge in [0.1, 0.15) is 0 Å². The van der Waals surface area contributed by atoms with E-state index in [0.717, 1.165) is 5.75 Å². The number of hydrogen-bond acceptors (Lipinski definition) is 4. The van der Waals surface area contributed by atoms with Crippen molar-refractivity contribution in [2.75, 3.05) is 16.4 Å². The molecule has 3 aromatic rings. The van der Waals surface area contributed by atoms with Gasteiger partial charge in [0.2, 0.25) is 5.91 Å². The van der Waals surface area contributed by atoms with Crippen LogP contribution in [0.25, 0.3) is 0 Å². The number of amides is 2. The molecule has 2 N–H and O–H groups in total. The van der Waals surface area contributed by atoms with Crippen LogP contribution in [0.5, 0.6) is 0 Å². The van der Waals surface area contributed by atoms with Crippen molar-refractivity contribution in [3.05, 3.63) is 83.8 Å². The summed E-state index contributed by atoms with van der Waals surface area (Å²) in [7, 11) is 0. The van der Waals surface area contributed by atoms with Gasteiger partial charge >= 0.3 is 0 Å². The van der Waals surface area contributed by atoms with E-state index in [1.807, 2.05) is 0 Å². The summed E-state index contributed by atoms with van der Waals surface area (Å²) in [5, 5.41) is 5.59. The van der Waals surface area contributed by atoms with Crippen molar-refractivity contribution >= 4 is 35.0 Å². The summed E-state index contributed by atoms with van der Waals surface area (Å²) in [5.74, 6) is 0.958. The molecule has 2 amide bonds. The van der Waals surface area contributed by atoms with Crippen molar-refractivity contribution < 1.29 is 14.0 Å². The quantitative estimate of drug-likeness (QED) is 0.623. The fourth-order valence-electron chi connectivity index (χ4n) is 2.42. The Morgan fingerprint density at radius 2 is 1.70 bits per heavy atom. The van der Waals surface area contributed by atoms with E-state index in [1.165, 1.54) is 17.4 Å². The molecule has 1 aromatic heterocycles. The number of thioether (sulfide) groups is 1. The minimum absolute atomic E-state index is 0.0818. The lowest BCUT2D eigenvalue weighted by Gasteiger charge is -2.08. The Morgan fingerprint density at radius 1 is 0.963 bits per heavy atom. The van der Waals surface area contributed by atoms with Gasteiger partial charge in [0.15, 0.2) is 5.76 Å². The molecule has 0 aliphatic rings. The summed E-state index contributed by atoms with van der Waals surface area (Å²) < 4.78 is 5.07. The minimum Gasteiger partial charge on any atom is -0.459 e. The highest BCUT2D eigenvalue weighted by molar-refractivity contribution is 7.99. The monoisotopic (exact) mass is 380 g/mol. The van der Waals surface area contributed by atoms with E-state index in [0.29, 0.717) is 17.1 Å². The SMILES string of the molecule is Cc1ccc(CSCC(=O)Nc2cccc(NC(=O)c3ccco3)c2)cc1. The van der Waals surface area contributed by atoms with Crippen LogP contribution in [-0.2, 0) is 10.5 Å². The van der Waals surface area contributed by atoms with Gasteiger partial charge in [-0.1, -0.05) is 35.9 Å². The first-order chi connectivity index (χ1) is 13.1. The lowest BCUT2D eigenvalue weighted by molar-refractivity contribution is -0.113. The van der Waals surface area contributed by atoms with E-state index in [1.54, 1.807) is 48.2 Å².